The third kappa shape index (κ3) is 3.58. The Morgan fingerprint density at radius 2 is 2.00 bits per heavy atom. The number of carbonyl (C=O) groups excluding carboxylic acids is 2. The molecule has 2 N–H and O–H groups in total. The topological polar surface area (TPSA) is 101 Å². The van der Waals surface area contributed by atoms with Crippen LogP contribution in [0.5, 0.6) is 5.75 Å². The average molecular weight is 439 g/mol. The molecular weight excluding hydrogens is 416 g/mol. The number of benzene rings is 1. The lowest BCUT2D eigenvalue weighted by Crippen LogP contribution is -2.58. The van der Waals surface area contributed by atoms with E-state index in [4.69, 9.17) is 4.65 Å². The predicted molar refractivity (Wildman–Crippen MR) is 114 cm³/mol. The van der Waals surface area contributed by atoms with Gasteiger partial charge >= 0.3 is 6.92 Å². The molecular formula is C22H23BFN3O5. The summed E-state index contributed by atoms with van der Waals surface area (Å²) in [6.45, 7) is 0.964. The first-order chi connectivity index (χ1) is 15.4. The van der Waals surface area contributed by atoms with E-state index in [9.17, 15) is 23.9 Å². The van der Waals surface area contributed by atoms with Crippen molar-refractivity contribution in [1.29, 1.82) is 0 Å². The van der Waals surface area contributed by atoms with Gasteiger partial charge in [-0.3, -0.25) is 14.4 Å². The first-order valence-corrected chi connectivity index (χ1v) is 10.9. The minimum absolute atomic E-state index is 0.0859. The monoisotopic (exact) mass is 439 g/mol. The predicted octanol–water partition coefficient (Wildman–Crippen LogP) is 1.98. The molecule has 1 aromatic carbocycles. The SMILES string of the molecule is O=C(NCc1ccc(F)cc1)c1cn2c(c(O)c1=O)C(=O)N1CC3CCCCB3OC1C2. The van der Waals surface area contributed by atoms with Crippen LogP contribution in [0.1, 0.15) is 45.7 Å². The van der Waals surface area contributed by atoms with Crippen LogP contribution in [-0.4, -0.2) is 46.1 Å². The van der Waals surface area contributed by atoms with Crippen LogP contribution < -0.4 is 10.7 Å². The van der Waals surface area contributed by atoms with E-state index in [2.05, 4.69) is 5.32 Å². The van der Waals surface area contributed by atoms with Gasteiger partial charge in [-0.1, -0.05) is 31.4 Å². The summed E-state index contributed by atoms with van der Waals surface area (Å²) in [6.07, 6.45) is 4.98. The second-order valence-corrected chi connectivity index (χ2v) is 8.66. The highest BCUT2D eigenvalue weighted by atomic mass is 19.1. The van der Waals surface area contributed by atoms with Crippen molar-refractivity contribution < 1.29 is 23.7 Å². The summed E-state index contributed by atoms with van der Waals surface area (Å²) >= 11 is 0. The molecule has 0 radical (unpaired) electrons. The van der Waals surface area contributed by atoms with Crippen LogP contribution in [0.4, 0.5) is 4.39 Å². The van der Waals surface area contributed by atoms with Crippen LogP contribution in [-0.2, 0) is 17.7 Å². The Balaban J connectivity index is 1.40. The molecule has 0 bridgehead atoms. The zero-order valence-corrected chi connectivity index (χ0v) is 17.4. The Morgan fingerprint density at radius 3 is 2.78 bits per heavy atom. The summed E-state index contributed by atoms with van der Waals surface area (Å²) < 4.78 is 20.7. The first kappa shape index (κ1) is 20.8. The number of fused-ring (bicyclic) bond motifs is 3. The molecule has 1 aromatic heterocycles. The highest BCUT2D eigenvalue weighted by molar-refractivity contribution is 6.54. The van der Waals surface area contributed by atoms with Gasteiger partial charge in [-0.25, -0.2) is 4.39 Å². The summed E-state index contributed by atoms with van der Waals surface area (Å²) in [4.78, 5) is 40.1. The lowest BCUT2D eigenvalue weighted by molar-refractivity contribution is -0.0185. The molecule has 0 spiro atoms. The van der Waals surface area contributed by atoms with Crippen LogP contribution >= 0.6 is 0 Å². The van der Waals surface area contributed by atoms with Gasteiger partial charge in [0.15, 0.2) is 11.4 Å². The summed E-state index contributed by atoms with van der Waals surface area (Å²) in [5.41, 5.74) is -0.612. The fourth-order valence-corrected chi connectivity index (χ4v) is 4.93. The van der Waals surface area contributed by atoms with Gasteiger partial charge in [-0.05, 0) is 29.8 Å². The summed E-state index contributed by atoms with van der Waals surface area (Å²) in [5, 5.41) is 13.1. The van der Waals surface area contributed by atoms with E-state index < -0.39 is 29.2 Å². The molecule has 2 atom stereocenters. The van der Waals surface area contributed by atoms with Crippen LogP contribution in [0.15, 0.2) is 35.3 Å². The van der Waals surface area contributed by atoms with Gasteiger partial charge in [0.2, 0.25) is 5.43 Å². The number of hydrogen-bond donors (Lipinski definition) is 2. The molecule has 3 aliphatic heterocycles. The smallest absolute Gasteiger partial charge is 0.300 e. The molecule has 0 aliphatic carbocycles. The van der Waals surface area contributed by atoms with Gasteiger partial charge in [0.25, 0.3) is 11.8 Å². The van der Waals surface area contributed by atoms with Gasteiger partial charge < -0.3 is 24.5 Å². The number of carbonyl (C=O) groups is 2. The molecule has 10 heteroatoms. The standard InChI is InChI=1S/C22H23BFN3O5/c24-15-6-4-13(5-7-15)9-25-21(30)16-11-26-12-17-27(22(31)18(26)20(29)19(16)28)10-14-3-1-2-8-23(14)32-17/h4-7,11,14,17,29H,1-3,8-10,12H2,(H,25,30). The number of pyridine rings is 1. The van der Waals surface area contributed by atoms with E-state index in [1.807, 2.05) is 0 Å². The van der Waals surface area contributed by atoms with Crippen molar-refractivity contribution in [2.45, 2.75) is 50.7 Å². The Bertz CT molecular complexity index is 1140. The van der Waals surface area contributed by atoms with Crippen LogP contribution in [0.2, 0.25) is 12.1 Å². The van der Waals surface area contributed by atoms with E-state index in [1.165, 1.54) is 35.0 Å². The molecule has 2 amide bonds. The maximum Gasteiger partial charge on any atom is 0.300 e. The van der Waals surface area contributed by atoms with E-state index in [1.54, 1.807) is 4.90 Å². The molecule has 3 aliphatic rings. The molecule has 8 nitrogen and oxygen atoms in total. The number of nitrogens with one attached hydrogen (secondary N) is 1. The summed E-state index contributed by atoms with van der Waals surface area (Å²) in [5.74, 6) is -1.99. The van der Waals surface area contributed by atoms with Gasteiger partial charge in [0.05, 0.1) is 6.54 Å². The molecule has 2 unspecified atom stereocenters. The van der Waals surface area contributed by atoms with Crippen molar-refractivity contribution in [3.05, 3.63) is 63.3 Å². The minimum atomic E-state index is -0.895. The number of halogens is 1. The third-order valence-electron chi connectivity index (χ3n) is 6.63. The second kappa shape index (κ2) is 8.09. The van der Waals surface area contributed by atoms with Crippen LogP contribution in [0, 0.1) is 5.82 Å². The summed E-state index contributed by atoms with van der Waals surface area (Å²) in [6, 6.07) is 5.61. The first-order valence-electron chi connectivity index (χ1n) is 10.9. The largest absolute Gasteiger partial charge is 0.503 e. The van der Waals surface area contributed by atoms with Crippen molar-refractivity contribution in [1.82, 2.24) is 14.8 Å². The Hall–Kier alpha value is -3.14. The Labute approximate surface area is 184 Å². The molecule has 32 heavy (non-hydrogen) atoms. The van der Waals surface area contributed by atoms with Crippen molar-refractivity contribution in [3.8, 4) is 5.75 Å². The van der Waals surface area contributed by atoms with Crippen LogP contribution in [0.25, 0.3) is 0 Å². The van der Waals surface area contributed by atoms with Gasteiger partial charge in [-0.2, -0.15) is 0 Å². The molecule has 0 saturated carbocycles. The van der Waals surface area contributed by atoms with Gasteiger partial charge in [-0.15, -0.1) is 0 Å². The van der Waals surface area contributed by atoms with Crippen LogP contribution in [0.3, 0.4) is 0 Å². The Kier molecular flexibility index (Phi) is 5.24. The van der Waals surface area contributed by atoms with Crippen molar-refractivity contribution >= 4 is 18.7 Å². The van der Waals surface area contributed by atoms with Gasteiger partial charge in [0.1, 0.15) is 17.6 Å². The second-order valence-electron chi connectivity index (χ2n) is 8.66. The van der Waals surface area contributed by atoms with Crippen molar-refractivity contribution in [2.75, 3.05) is 6.54 Å². The van der Waals surface area contributed by atoms with Crippen molar-refractivity contribution in [3.63, 3.8) is 0 Å². The maximum atomic E-state index is 13.1. The maximum absolute atomic E-state index is 13.1. The average Bonchev–Trinajstić information content (AvgIpc) is 2.79. The number of nitrogens with zero attached hydrogens (tertiary/aromatic N) is 2. The number of aromatic nitrogens is 1. The highest BCUT2D eigenvalue weighted by Gasteiger charge is 2.46. The molecule has 2 saturated heterocycles. The molecule has 2 aromatic rings. The summed E-state index contributed by atoms with van der Waals surface area (Å²) in [7, 11) is 0. The lowest BCUT2D eigenvalue weighted by Gasteiger charge is -2.47. The highest BCUT2D eigenvalue weighted by Crippen LogP contribution is 2.38. The normalized spacial score (nSPS) is 22.1. The zero-order chi connectivity index (χ0) is 22.4. The van der Waals surface area contributed by atoms with E-state index in [0.29, 0.717) is 12.1 Å². The molecule has 166 valence electrons. The number of rotatable bonds is 3. The fourth-order valence-electron chi connectivity index (χ4n) is 4.93. The third-order valence-corrected chi connectivity index (χ3v) is 6.63. The number of hydrogen-bond acceptors (Lipinski definition) is 5. The quantitative estimate of drug-likeness (QED) is 0.713. The molecule has 4 heterocycles. The minimum Gasteiger partial charge on any atom is -0.503 e. The number of amides is 2. The molecule has 5 rings (SSSR count). The number of aromatic hydroxyl groups is 1. The van der Waals surface area contributed by atoms with Gasteiger partial charge in [0, 0.05) is 19.3 Å². The van der Waals surface area contributed by atoms with Crippen molar-refractivity contribution in [2.24, 2.45) is 0 Å². The Morgan fingerprint density at radius 1 is 1.22 bits per heavy atom. The zero-order valence-electron chi connectivity index (χ0n) is 17.4. The van der Waals surface area contributed by atoms with E-state index >= 15 is 0 Å². The molecule has 2 fully saturated rings. The van der Waals surface area contributed by atoms with E-state index in [0.717, 1.165) is 25.6 Å². The lowest BCUT2D eigenvalue weighted by atomic mass is 9.47. The van der Waals surface area contributed by atoms with E-state index in [-0.39, 0.29) is 42.9 Å². The fraction of sp³-hybridized carbons (Fsp3) is 0.409.